The van der Waals surface area contributed by atoms with Crippen molar-refractivity contribution in [1.82, 2.24) is 0 Å². The SMILES string of the molecule is CN1Cc2ccccc2-c2c1c(=O)c2=O. The number of rotatable bonds is 0. The van der Waals surface area contributed by atoms with Gasteiger partial charge in [0.05, 0.1) is 5.56 Å². The van der Waals surface area contributed by atoms with Gasteiger partial charge in [-0.15, -0.1) is 0 Å². The Balaban J connectivity index is 2.36. The first-order valence-corrected chi connectivity index (χ1v) is 4.83. The molecule has 1 aliphatic heterocycles. The maximum absolute atomic E-state index is 11.5. The number of nitrogens with zero attached hydrogens (tertiary/aromatic N) is 1. The topological polar surface area (TPSA) is 37.4 Å². The summed E-state index contributed by atoms with van der Waals surface area (Å²) in [6, 6.07) is 7.74. The van der Waals surface area contributed by atoms with Crippen LogP contribution in [0, 0.1) is 0 Å². The number of hydrogen-bond donors (Lipinski definition) is 0. The second kappa shape index (κ2) is 2.57. The van der Waals surface area contributed by atoms with Gasteiger partial charge in [0, 0.05) is 13.6 Å². The van der Waals surface area contributed by atoms with E-state index in [1.165, 1.54) is 0 Å². The maximum Gasteiger partial charge on any atom is 0.250 e. The Hall–Kier alpha value is -1.90. The van der Waals surface area contributed by atoms with Crippen LogP contribution in [0.1, 0.15) is 5.56 Å². The molecule has 3 nitrogen and oxygen atoms in total. The van der Waals surface area contributed by atoms with Crippen molar-refractivity contribution in [3.05, 3.63) is 50.3 Å². The molecule has 0 saturated carbocycles. The van der Waals surface area contributed by atoms with Gasteiger partial charge in [-0.05, 0) is 11.1 Å². The van der Waals surface area contributed by atoms with Gasteiger partial charge >= 0.3 is 0 Å². The van der Waals surface area contributed by atoms with Gasteiger partial charge in [0.2, 0.25) is 10.9 Å². The van der Waals surface area contributed by atoms with Crippen molar-refractivity contribution < 1.29 is 0 Å². The Kier molecular flexibility index (Phi) is 1.44. The monoisotopic (exact) mass is 199 g/mol. The molecule has 1 heterocycles. The quantitative estimate of drug-likeness (QED) is 0.591. The highest BCUT2D eigenvalue weighted by Gasteiger charge is 2.30. The van der Waals surface area contributed by atoms with E-state index in [1.807, 2.05) is 36.2 Å². The van der Waals surface area contributed by atoms with Crippen LogP contribution in [0.2, 0.25) is 0 Å². The average molecular weight is 199 g/mol. The Morgan fingerprint density at radius 1 is 1.13 bits per heavy atom. The van der Waals surface area contributed by atoms with Crippen molar-refractivity contribution in [1.29, 1.82) is 0 Å². The molecule has 0 N–H and O–H groups in total. The first-order chi connectivity index (χ1) is 7.20. The summed E-state index contributed by atoms with van der Waals surface area (Å²) in [5, 5.41) is 0. The van der Waals surface area contributed by atoms with E-state index in [9.17, 15) is 9.59 Å². The van der Waals surface area contributed by atoms with E-state index >= 15 is 0 Å². The third kappa shape index (κ3) is 0.897. The minimum atomic E-state index is -0.345. The van der Waals surface area contributed by atoms with Crippen LogP contribution in [-0.4, -0.2) is 7.05 Å². The third-order valence-corrected chi connectivity index (χ3v) is 2.96. The molecule has 0 spiro atoms. The van der Waals surface area contributed by atoms with Gasteiger partial charge in [0.15, 0.2) is 0 Å². The molecule has 15 heavy (non-hydrogen) atoms. The smallest absolute Gasteiger partial charge is 0.250 e. The zero-order valence-electron chi connectivity index (χ0n) is 8.28. The molecule has 0 saturated heterocycles. The fourth-order valence-corrected chi connectivity index (χ4v) is 2.23. The molecule has 3 rings (SSSR count). The van der Waals surface area contributed by atoms with Crippen LogP contribution < -0.4 is 15.8 Å². The zero-order valence-corrected chi connectivity index (χ0v) is 8.28. The molecule has 74 valence electrons. The van der Waals surface area contributed by atoms with Gasteiger partial charge in [-0.3, -0.25) is 9.59 Å². The van der Waals surface area contributed by atoms with E-state index in [-0.39, 0.29) is 10.9 Å². The van der Waals surface area contributed by atoms with Crippen LogP contribution in [0.25, 0.3) is 11.1 Å². The van der Waals surface area contributed by atoms with Crippen molar-refractivity contribution in [2.75, 3.05) is 11.9 Å². The van der Waals surface area contributed by atoms with Gasteiger partial charge in [-0.1, -0.05) is 24.3 Å². The largest absolute Gasteiger partial charge is 0.366 e. The normalized spacial score (nSPS) is 13.8. The standard InChI is InChI=1S/C12H9NO2/c1-13-6-7-4-2-3-5-8(7)9-10(13)12(15)11(9)14/h2-5H,6H2,1H3. The lowest BCUT2D eigenvalue weighted by Gasteiger charge is -2.29. The molecular formula is C12H9NO2. The molecule has 2 aromatic carbocycles. The van der Waals surface area contributed by atoms with Gasteiger partial charge in [-0.25, -0.2) is 0 Å². The van der Waals surface area contributed by atoms with E-state index in [1.54, 1.807) is 0 Å². The van der Waals surface area contributed by atoms with Crippen LogP contribution in [-0.2, 0) is 6.54 Å². The number of fused-ring (bicyclic) bond motifs is 3. The van der Waals surface area contributed by atoms with Crippen LogP contribution in [0.4, 0.5) is 5.69 Å². The molecule has 2 aromatic rings. The molecule has 0 aliphatic carbocycles. The molecule has 0 atom stereocenters. The molecule has 0 aromatic heterocycles. The first-order valence-electron chi connectivity index (χ1n) is 4.83. The summed E-state index contributed by atoms with van der Waals surface area (Å²) in [5.41, 5.74) is 2.53. The van der Waals surface area contributed by atoms with Crippen molar-refractivity contribution in [2.45, 2.75) is 6.54 Å². The highest BCUT2D eigenvalue weighted by atomic mass is 16.2. The minimum absolute atomic E-state index is 0.344. The maximum atomic E-state index is 11.5. The number of anilines is 1. The summed E-state index contributed by atoms with van der Waals surface area (Å²) >= 11 is 0. The number of benzene rings is 1. The summed E-state index contributed by atoms with van der Waals surface area (Å²) in [4.78, 5) is 24.7. The van der Waals surface area contributed by atoms with Gasteiger partial charge in [-0.2, -0.15) is 0 Å². The summed E-state index contributed by atoms with van der Waals surface area (Å²) in [7, 11) is 1.84. The van der Waals surface area contributed by atoms with Crippen molar-refractivity contribution >= 4 is 5.69 Å². The van der Waals surface area contributed by atoms with Crippen LogP contribution in [0.3, 0.4) is 0 Å². The van der Waals surface area contributed by atoms with Crippen LogP contribution >= 0.6 is 0 Å². The fourth-order valence-electron chi connectivity index (χ4n) is 2.23. The highest BCUT2D eigenvalue weighted by molar-refractivity contribution is 5.86. The predicted molar refractivity (Wildman–Crippen MR) is 58.9 cm³/mol. The molecule has 0 bridgehead atoms. The molecule has 0 radical (unpaired) electrons. The minimum Gasteiger partial charge on any atom is -0.366 e. The summed E-state index contributed by atoms with van der Waals surface area (Å²) in [5.74, 6) is 0. The molecular weight excluding hydrogens is 190 g/mol. The van der Waals surface area contributed by atoms with Gasteiger partial charge in [0.25, 0.3) is 0 Å². The summed E-state index contributed by atoms with van der Waals surface area (Å²) in [6.45, 7) is 0.702. The van der Waals surface area contributed by atoms with Crippen molar-refractivity contribution in [2.24, 2.45) is 0 Å². The average Bonchev–Trinajstić information content (AvgIpc) is 2.26. The lowest BCUT2D eigenvalue weighted by Crippen LogP contribution is -2.42. The predicted octanol–water partition coefficient (Wildman–Crippen LogP) is 0.899. The Morgan fingerprint density at radius 2 is 1.87 bits per heavy atom. The Morgan fingerprint density at radius 3 is 2.67 bits per heavy atom. The van der Waals surface area contributed by atoms with Crippen molar-refractivity contribution in [3.63, 3.8) is 0 Å². The van der Waals surface area contributed by atoms with E-state index in [4.69, 9.17) is 0 Å². The van der Waals surface area contributed by atoms with Gasteiger partial charge in [0.1, 0.15) is 5.69 Å². The lowest BCUT2D eigenvalue weighted by molar-refractivity contribution is 0.893. The second-order valence-electron chi connectivity index (χ2n) is 3.90. The second-order valence-corrected chi connectivity index (χ2v) is 3.90. The Labute approximate surface area is 86.3 Å². The summed E-state index contributed by atoms with van der Waals surface area (Å²) in [6.07, 6.45) is 0. The van der Waals surface area contributed by atoms with E-state index in [2.05, 4.69) is 0 Å². The molecule has 3 heteroatoms. The van der Waals surface area contributed by atoms with E-state index in [0.29, 0.717) is 17.8 Å². The van der Waals surface area contributed by atoms with E-state index < -0.39 is 0 Å². The third-order valence-electron chi connectivity index (χ3n) is 2.96. The molecule has 0 unspecified atom stereocenters. The van der Waals surface area contributed by atoms with Crippen LogP contribution in [0.15, 0.2) is 33.9 Å². The molecule has 1 aliphatic rings. The molecule has 0 fully saturated rings. The fraction of sp³-hybridized carbons (Fsp3) is 0.167. The first kappa shape index (κ1) is 8.41. The Bertz CT molecular complexity index is 621. The zero-order chi connectivity index (χ0) is 10.6. The molecule has 0 amide bonds. The van der Waals surface area contributed by atoms with E-state index in [0.717, 1.165) is 11.1 Å². The lowest BCUT2D eigenvalue weighted by atomic mass is 9.90. The van der Waals surface area contributed by atoms with Gasteiger partial charge < -0.3 is 4.90 Å². The summed E-state index contributed by atoms with van der Waals surface area (Å²) < 4.78 is 0. The van der Waals surface area contributed by atoms with Crippen LogP contribution in [0.5, 0.6) is 0 Å². The highest BCUT2D eigenvalue weighted by Crippen LogP contribution is 2.34. The van der Waals surface area contributed by atoms with Crippen molar-refractivity contribution in [3.8, 4) is 11.1 Å². The number of hydrogen-bond acceptors (Lipinski definition) is 3.